The average Bonchev–Trinajstić information content (AvgIpc) is 2.19. The lowest BCUT2D eigenvalue weighted by Crippen LogP contribution is -2.05. The molecule has 0 radical (unpaired) electrons. The van der Waals surface area contributed by atoms with Crippen LogP contribution in [-0.4, -0.2) is 12.1 Å². The van der Waals surface area contributed by atoms with Gasteiger partial charge in [-0.05, 0) is 35.0 Å². The van der Waals surface area contributed by atoms with Gasteiger partial charge < -0.3 is 9.72 Å². The van der Waals surface area contributed by atoms with Gasteiger partial charge in [-0.2, -0.15) is 0 Å². The van der Waals surface area contributed by atoms with Gasteiger partial charge in [-0.15, -0.1) is 0 Å². The highest BCUT2D eigenvalue weighted by molar-refractivity contribution is 9.10. The number of hydrogen-bond donors (Lipinski definition) is 1. The maximum Gasteiger partial charge on any atom is 0.193 e. The van der Waals surface area contributed by atoms with Crippen molar-refractivity contribution < 1.29 is 4.74 Å². The first-order valence-electron chi connectivity index (χ1n) is 4.49. The zero-order valence-corrected chi connectivity index (χ0v) is 10.0. The van der Waals surface area contributed by atoms with E-state index >= 15 is 0 Å². The molecule has 15 heavy (non-hydrogen) atoms. The Morgan fingerprint density at radius 3 is 2.80 bits per heavy atom. The predicted molar refractivity (Wildman–Crippen MR) is 63.6 cm³/mol. The number of H-pyrrole nitrogens is 1. The molecule has 4 heteroatoms. The van der Waals surface area contributed by atoms with Crippen molar-refractivity contribution in [3.05, 3.63) is 38.6 Å². The van der Waals surface area contributed by atoms with E-state index < -0.39 is 0 Å². The van der Waals surface area contributed by atoms with E-state index in [1.807, 2.05) is 13.0 Å². The molecule has 0 bridgehead atoms. The minimum absolute atomic E-state index is 0.0283. The van der Waals surface area contributed by atoms with E-state index in [9.17, 15) is 4.79 Å². The van der Waals surface area contributed by atoms with E-state index in [1.54, 1.807) is 19.2 Å². The van der Waals surface area contributed by atoms with Crippen LogP contribution in [0, 0.1) is 6.92 Å². The fourth-order valence-electron chi connectivity index (χ4n) is 1.60. The van der Waals surface area contributed by atoms with Crippen molar-refractivity contribution in [3.8, 4) is 5.75 Å². The number of aromatic amines is 1. The minimum Gasteiger partial charge on any atom is -0.496 e. The van der Waals surface area contributed by atoms with Gasteiger partial charge in [-0.1, -0.05) is 0 Å². The number of methoxy groups -OCH3 is 1. The summed E-state index contributed by atoms with van der Waals surface area (Å²) >= 11 is 3.40. The number of halogens is 1. The van der Waals surface area contributed by atoms with Crippen LogP contribution in [0.2, 0.25) is 0 Å². The Labute approximate surface area is 95.2 Å². The van der Waals surface area contributed by atoms with E-state index in [2.05, 4.69) is 20.9 Å². The number of aryl methyl sites for hydroxylation is 1. The summed E-state index contributed by atoms with van der Waals surface area (Å²) in [4.78, 5) is 15.0. The van der Waals surface area contributed by atoms with Crippen LogP contribution in [0.15, 0.2) is 27.5 Å². The maximum absolute atomic E-state index is 11.8. The van der Waals surface area contributed by atoms with Crippen LogP contribution < -0.4 is 10.2 Å². The molecule has 1 aromatic carbocycles. The SMILES string of the molecule is COc1ccc(Br)c2[nH]c(C)cc(=O)c12. The number of pyridine rings is 1. The van der Waals surface area contributed by atoms with Gasteiger partial charge in [0.15, 0.2) is 5.43 Å². The van der Waals surface area contributed by atoms with Crippen LogP contribution >= 0.6 is 15.9 Å². The molecule has 0 saturated heterocycles. The van der Waals surface area contributed by atoms with Crippen molar-refractivity contribution in [2.24, 2.45) is 0 Å². The average molecular weight is 268 g/mol. The number of fused-ring (bicyclic) bond motifs is 1. The summed E-state index contributed by atoms with van der Waals surface area (Å²) in [5.74, 6) is 0.592. The summed E-state index contributed by atoms with van der Waals surface area (Å²) in [6, 6.07) is 5.20. The molecular weight excluding hydrogens is 258 g/mol. The summed E-state index contributed by atoms with van der Waals surface area (Å²) in [5.41, 5.74) is 1.58. The summed E-state index contributed by atoms with van der Waals surface area (Å²) < 4.78 is 6.02. The summed E-state index contributed by atoms with van der Waals surface area (Å²) in [7, 11) is 1.56. The van der Waals surface area contributed by atoms with Crippen molar-refractivity contribution in [1.82, 2.24) is 4.98 Å². The molecule has 2 rings (SSSR count). The zero-order valence-electron chi connectivity index (χ0n) is 8.43. The monoisotopic (exact) mass is 267 g/mol. The Bertz CT molecular complexity index is 575. The normalized spacial score (nSPS) is 10.6. The molecule has 0 aliphatic rings. The topological polar surface area (TPSA) is 42.1 Å². The van der Waals surface area contributed by atoms with Crippen molar-refractivity contribution in [1.29, 1.82) is 0 Å². The molecule has 0 aliphatic heterocycles. The number of benzene rings is 1. The number of hydrogen-bond acceptors (Lipinski definition) is 2. The second-order valence-electron chi connectivity index (χ2n) is 3.32. The number of aromatic nitrogens is 1. The molecule has 0 spiro atoms. The van der Waals surface area contributed by atoms with Crippen LogP contribution in [0.4, 0.5) is 0 Å². The van der Waals surface area contributed by atoms with Gasteiger partial charge in [0.1, 0.15) is 5.75 Å². The molecule has 0 fully saturated rings. The lowest BCUT2D eigenvalue weighted by molar-refractivity contribution is 0.419. The molecule has 3 nitrogen and oxygen atoms in total. The van der Waals surface area contributed by atoms with E-state index in [0.29, 0.717) is 11.1 Å². The van der Waals surface area contributed by atoms with Crippen LogP contribution in [0.3, 0.4) is 0 Å². The lowest BCUT2D eigenvalue weighted by atomic mass is 10.2. The molecule has 0 unspecified atom stereocenters. The first-order chi connectivity index (χ1) is 7.13. The van der Waals surface area contributed by atoms with Crippen molar-refractivity contribution >= 4 is 26.8 Å². The molecule has 78 valence electrons. The first-order valence-corrected chi connectivity index (χ1v) is 5.29. The molecule has 0 saturated carbocycles. The largest absolute Gasteiger partial charge is 0.496 e. The summed E-state index contributed by atoms with van der Waals surface area (Å²) in [6.07, 6.45) is 0. The second kappa shape index (κ2) is 3.70. The molecule has 1 N–H and O–H groups in total. The third-order valence-corrected chi connectivity index (χ3v) is 2.91. The van der Waals surface area contributed by atoms with Crippen molar-refractivity contribution in [3.63, 3.8) is 0 Å². The highest BCUT2D eigenvalue weighted by atomic mass is 79.9. The zero-order chi connectivity index (χ0) is 11.0. The molecule has 1 heterocycles. The predicted octanol–water partition coefficient (Wildman–Crippen LogP) is 2.61. The maximum atomic E-state index is 11.8. The Hall–Kier alpha value is -1.29. The van der Waals surface area contributed by atoms with Crippen LogP contribution in [-0.2, 0) is 0 Å². The van der Waals surface area contributed by atoms with E-state index in [-0.39, 0.29) is 5.43 Å². The summed E-state index contributed by atoms with van der Waals surface area (Å²) in [6.45, 7) is 1.85. The molecule has 1 aromatic heterocycles. The number of rotatable bonds is 1. The Morgan fingerprint density at radius 2 is 2.13 bits per heavy atom. The molecule has 0 atom stereocenters. The Morgan fingerprint density at radius 1 is 1.40 bits per heavy atom. The van der Waals surface area contributed by atoms with Crippen LogP contribution in [0.1, 0.15) is 5.69 Å². The lowest BCUT2D eigenvalue weighted by Gasteiger charge is -2.07. The molecule has 0 amide bonds. The molecule has 2 aromatic rings. The Kier molecular flexibility index (Phi) is 2.52. The van der Waals surface area contributed by atoms with Gasteiger partial charge in [0, 0.05) is 16.2 Å². The molecule has 0 aliphatic carbocycles. The third-order valence-electron chi connectivity index (χ3n) is 2.25. The standard InChI is InChI=1S/C11H10BrNO2/c1-6-5-8(14)10-9(15-2)4-3-7(12)11(10)13-6/h3-5H,1-2H3,(H,13,14). The van der Waals surface area contributed by atoms with Crippen LogP contribution in [0.5, 0.6) is 5.75 Å². The van der Waals surface area contributed by atoms with Crippen LogP contribution in [0.25, 0.3) is 10.9 Å². The number of nitrogens with one attached hydrogen (secondary N) is 1. The van der Waals surface area contributed by atoms with Gasteiger partial charge in [0.25, 0.3) is 0 Å². The highest BCUT2D eigenvalue weighted by Gasteiger charge is 2.09. The van der Waals surface area contributed by atoms with Gasteiger partial charge in [-0.3, -0.25) is 4.79 Å². The fraction of sp³-hybridized carbons (Fsp3) is 0.182. The van der Waals surface area contributed by atoms with Gasteiger partial charge in [0.05, 0.1) is 18.0 Å². The Balaban J connectivity index is 3.00. The first kappa shape index (κ1) is 10.2. The smallest absolute Gasteiger partial charge is 0.193 e. The van der Waals surface area contributed by atoms with E-state index in [4.69, 9.17) is 4.74 Å². The highest BCUT2D eigenvalue weighted by Crippen LogP contribution is 2.27. The van der Waals surface area contributed by atoms with E-state index in [1.165, 1.54) is 0 Å². The number of ether oxygens (including phenoxy) is 1. The minimum atomic E-state index is -0.0283. The molecular formula is C11H10BrNO2. The van der Waals surface area contributed by atoms with Crippen molar-refractivity contribution in [2.75, 3.05) is 7.11 Å². The van der Waals surface area contributed by atoms with Crippen molar-refractivity contribution in [2.45, 2.75) is 6.92 Å². The van der Waals surface area contributed by atoms with Gasteiger partial charge in [-0.25, -0.2) is 0 Å². The summed E-state index contributed by atoms with van der Waals surface area (Å²) in [5, 5.41) is 0.581. The third kappa shape index (κ3) is 1.65. The second-order valence-corrected chi connectivity index (χ2v) is 4.17. The van der Waals surface area contributed by atoms with Gasteiger partial charge in [0.2, 0.25) is 0 Å². The quantitative estimate of drug-likeness (QED) is 0.863. The van der Waals surface area contributed by atoms with Gasteiger partial charge >= 0.3 is 0 Å². The fourth-order valence-corrected chi connectivity index (χ4v) is 2.03. The van der Waals surface area contributed by atoms with E-state index in [0.717, 1.165) is 15.7 Å².